The lowest BCUT2D eigenvalue weighted by molar-refractivity contribution is -0.133. The highest BCUT2D eigenvalue weighted by Gasteiger charge is 2.38. The number of rotatable bonds is 6. The van der Waals surface area contributed by atoms with Gasteiger partial charge in [-0.2, -0.15) is 0 Å². The topological polar surface area (TPSA) is 50.4 Å². The fraction of sp³-hybridized carbons (Fsp3) is 0.923. The van der Waals surface area contributed by atoms with E-state index in [0.29, 0.717) is 6.61 Å². The van der Waals surface area contributed by atoms with Gasteiger partial charge < -0.3 is 15.4 Å². The summed E-state index contributed by atoms with van der Waals surface area (Å²) in [5, 5.41) is 6.46. The molecule has 1 fully saturated rings. The normalized spacial score (nSPS) is 26.5. The van der Waals surface area contributed by atoms with Crippen molar-refractivity contribution in [1.82, 2.24) is 10.6 Å². The Morgan fingerprint density at radius 2 is 2.35 bits per heavy atom. The first-order chi connectivity index (χ1) is 8.14. The zero-order valence-corrected chi connectivity index (χ0v) is 11.3. The van der Waals surface area contributed by atoms with Crippen LogP contribution in [-0.4, -0.2) is 38.8 Å². The molecule has 1 rings (SSSR count). The van der Waals surface area contributed by atoms with Crippen molar-refractivity contribution in [2.75, 3.05) is 26.8 Å². The molecule has 17 heavy (non-hydrogen) atoms. The summed E-state index contributed by atoms with van der Waals surface area (Å²) in [6.07, 6.45) is 3.87. The lowest BCUT2D eigenvalue weighted by atomic mass is 9.77. The molecule has 4 nitrogen and oxygen atoms in total. The Morgan fingerprint density at radius 1 is 1.59 bits per heavy atom. The first-order valence-corrected chi connectivity index (χ1v) is 6.65. The van der Waals surface area contributed by atoms with E-state index >= 15 is 0 Å². The largest absolute Gasteiger partial charge is 0.385 e. The predicted molar refractivity (Wildman–Crippen MR) is 68.9 cm³/mol. The van der Waals surface area contributed by atoms with Gasteiger partial charge in [-0.15, -0.1) is 0 Å². The van der Waals surface area contributed by atoms with E-state index in [4.69, 9.17) is 4.74 Å². The Morgan fingerprint density at radius 3 is 2.88 bits per heavy atom. The lowest BCUT2D eigenvalue weighted by Gasteiger charge is -2.36. The highest BCUT2D eigenvalue weighted by Crippen LogP contribution is 2.30. The molecule has 0 radical (unpaired) electrons. The number of nitrogens with one attached hydrogen (secondary N) is 2. The molecule has 2 unspecified atom stereocenters. The summed E-state index contributed by atoms with van der Waals surface area (Å²) in [6, 6.07) is 0.188. The molecule has 0 aromatic rings. The third-order valence-electron chi connectivity index (χ3n) is 3.76. The first-order valence-electron chi connectivity index (χ1n) is 6.65. The summed E-state index contributed by atoms with van der Waals surface area (Å²) >= 11 is 0. The molecule has 0 aliphatic carbocycles. The minimum atomic E-state index is -0.195. The minimum absolute atomic E-state index is 0.188. The molecule has 2 N–H and O–H groups in total. The van der Waals surface area contributed by atoms with E-state index in [-0.39, 0.29) is 17.4 Å². The molecule has 0 spiro atoms. The first kappa shape index (κ1) is 14.5. The molecule has 4 heteroatoms. The maximum Gasteiger partial charge on any atom is 0.227 e. The molecular weight excluding hydrogens is 216 g/mol. The maximum absolute atomic E-state index is 12.3. The van der Waals surface area contributed by atoms with Crippen molar-refractivity contribution in [3.63, 3.8) is 0 Å². The zero-order valence-electron chi connectivity index (χ0n) is 11.3. The summed E-state index contributed by atoms with van der Waals surface area (Å²) in [5.74, 6) is 0.204. The number of hydrogen-bond acceptors (Lipinski definition) is 3. The summed E-state index contributed by atoms with van der Waals surface area (Å²) in [5.41, 5.74) is -0.195. The second-order valence-corrected chi connectivity index (χ2v) is 5.07. The zero-order chi connectivity index (χ0) is 12.7. The minimum Gasteiger partial charge on any atom is -0.385 e. The van der Waals surface area contributed by atoms with Crippen LogP contribution >= 0.6 is 0 Å². The highest BCUT2D eigenvalue weighted by atomic mass is 16.5. The van der Waals surface area contributed by atoms with Crippen LogP contribution in [0.2, 0.25) is 0 Å². The molecule has 1 saturated heterocycles. The molecule has 2 atom stereocenters. The van der Waals surface area contributed by atoms with Crippen molar-refractivity contribution in [1.29, 1.82) is 0 Å². The summed E-state index contributed by atoms with van der Waals surface area (Å²) in [4.78, 5) is 12.3. The van der Waals surface area contributed by atoms with Crippen LogP contribution in [0.25, 0.3) is 0 Å². The SMILES string of the molecule is CCC1(C(=O)NC(C)CCOC)CCCNC1. The van der Waals surface area contributed by atoms with Crippen molar-refractivity contribution in [3.05, 3.63) is 0 Å². The predicted octanol–water partition coefficient (Wildman–Crippen LogP) is 1.31. The Labute approximate surface area is 104 Å². The van der Waals surface area contributed by atoms with E-state index < -0.39 is 0 Å². The van der Waals surface area contributed by atoms with Gasteiger partial charge >= 0.3 is 0 Å². The van der Waals surface area contributed by atoms with Crippen LogP contribution in [-0.2, 0) is 9.53 Å². The van der Waals surface area contributed by atoms with Crippen LogP contribution in [0, 0.1) is 5.41 Å². The summed E-state index contributed by atoms with van der Waals surface area (Å²) < 4.78 is 5.03. The smallest absolute Gasteiger partial charge is 0.227 e. The van der Waals surface area contributed by atoms with Gasteiger partial charge in [-0.1, -0.05) is 6.92 Å². The molecular formula is C13H26N2O2. The summed E-state index contributed by atoms with van der Waals surface area (Å²) in [7, 11) is 1.69. The maximum atomic E-state index is 12.3. The lowest BCUT2D eigenvalue weighted by Crippen LogP contribution is -2.52. The van der Waals surface area contributed by atoms with Gasteiger partial charge in [-0.3, -0.25) is 4.79 Å². The number of ether oxygens (including phenoxy) is 1. The average molecular weight is 242 g/mol. The van der Waals surface area contributed by atoms with Crippen molar-refractivity contribution >= 4 is 5.91 Å². The molecule has 1 amide bonds. The van der Waals surface area contributed by atoms with E-state index in [1.54, 1.807) is 7.11 Å². The van der Waals surface area contributed by atoms with Crippen LogP contribution in [0.1, 0.15) is 39.5 Å². The Balaban J connectivity index is 2.48. The van der Waals surface area contributed by atoms with Gasteiger partial charge in [0.25, 0.3) is 0 Å². The molecule has 0 saturated carbocycles. The van der Waals surface area contributed by atoms with Crippen molar-refractivity contribution in [2.24, 2.45) is 5.41 Å². The second-order valence-electron chi connectivity index (χ2n) is 5.07. The molecule has 100 valence electrons. The molecule has 1 heterocycles. The van der Waals surface area contributed by atoms with E-state index in [1.807, 2.05) is 6.92 Å². The van der Waals surface area contributed by atoms with Crippen LogP contribution < -0.4 is 10.6 Å². The number of carbonyl (C=O) groups excluding carboxylic acids is 1. The molecule has 1 aliphatic heterocycles. The fourth-order valence-electron chi connectivity index (χ4n) is 2.37. The van der Waals surface area contributed by atoms with E-state index in [9.17, 15) is 4.79 Å². The summed E-state index contributed by atoms with van der Waals surface area (Å²) in [6.45, 7) is 6.68. The fourth-order valence-corrected chi connectivity index (χ4v) is 2.37. The monoisotopic (exact) mass is 242 g/mol. The average Bonchev–Trinajstić information content (AvgIpc) is 2.37. The quantitative estimate of drug-likeness (QED) is 0.738. The van der Waals surface area contributed by atoms with Crippen molar-refractivity contribution < 1.29 is 9.53 Å². The standard InChI is InChI=1S/C13H26N2O2/c1-4-13(7-5-8-14-10-13)12(16)15-11(2)6-9-17-3/h11,14H,4-10H2,1-3H3,(H,15,16). The van der Waals surface area contributed by atoms with Gasteiger partial charge in [0.15, 0.2) is 0 Å². The Kier molecular flexibility index (Phi) is 5.92. The van der Waals surface area contributed by atoms with Crippen molar-refractivity contribution in [2.45, 2.75) is 45.6 Å². The third-order valence-corrected chi connectivity index (χ3v) is 3.76. The van der Waals surface area contributed by atoms with Gasteiger partial charge in [0.05, 0.1) is 5.41 Å². The Bertz CT molecular complexity index is 238. The molecule has 0 aromatic heterocycles. The van der Waals surface area contributed by atoms with Crippen LogP contribution in [0.4, 0.5) is 0 Å². The van der Waals surface area contributed by atoms with E-state index in [1.165, 1.54) is 0 Å². The van der Waals surface area contributed by atoms with E-state index in [0.717, 1.165) is 38.8 Å². The van der Waals surface area contributed by atoms with Crippen LogP contribution in [0.15, 0.2) is 0 Å². The van der Waals surface area contributed by atoms with Gasteiger partial charge in [-0.25, -0.2) is 0 Å². The van der Waals surface area contributed by atoms with Gasteiger partial charge in [0.1, 0.15) is 0 Å². The molecule has 0 aromatic carbocycles. The third kappa shape index (κ3) is 3.96. The number of hydrogen-bond donors (Lipinski definition) is 2. The molecule has 0 bridgehead atoms. The number of carbonyl (C=O) groups is 1. The molecule has 1 aliphatic rings. The number of piperidine rings is 1. The van der Waals surface area contributed by atoms with Crippen LogP contribution in [0.5, 0.6) is 0 Å². The van der Waals surface area contributed by atoms with Crippen LogP contribution in [0.3, 0.4) is 0 Å². The van der Waals surface area contributed by atoms with Gasteiger partial charge in [0.2, 0.25) is 5.91 Å². The second kappa shape index (κ2) is 6.97. The number of amides is 1. The highest BCUT2D eigenvalue weighted by molar-refractivity contribution is 5.83. The Hall–Kier alpha value is -0.610. The van der Waals surface area contributed by atoms with Crippen molar-refractivity contribution in [3.8, 4) is 0 Å². The van der Waals surface area contributed by atoms with E-state index in [2.05, 4.69) is 17.6 Å². The number of methoxy groups -OCH3 is 1. The van der Waals surface area contributed by atoms with Gasteiger partial charge in [0, 0.05) is 26.3 Å². The van der Waals surface area contributed by atoms with Gasteiger partial charge in [-0.05, 0) is 39.2 Å².